The molecule has 2 rings (SSSR count). The molecular formula is C11H16O4. The Hall–Kier alpha value is -1.06. The van der Waals surface area contributed by atoms with Crippen molar-refractivity contribution in [3.05, 3.63) is 0 Å². The van der Waals surface area contributed by atoms with Crippen LogP contribution in [0.15, 0.2) is 0 Å². The monoisotopic (exact) mass is 212 g/mol. The van der Waals surface area contributed by atoms with Crippen LogP contribution in [0.1, 0.15) is 40.0 Å². The first-order valence-electron chi connectivity index (χ1n) is 5.29. The first-order valence-corrected chi connectivity index (χ1v) is 5.29. The van der Waals surface area contributed by atoms with Crippen LogP contribution in [0.2, 0.25) is 0 Å². The minimum absolute atomic E-state index is 0.00127. The van der Waals surface area contributed by atoms with Gasteiger partial charge in [-0.05, 0) is 26.7 Å². The molecule has 0 aromatic carbocycles. The van der Waals surface area contributed by atoms with E-state index in [0.29, 0.717) is 12.8 Å². The minimum Gasteiger partial charge on any atom is -0.455 e. The summed E-state index contributed by atoms with van der Waals surface area (Å²) in [6, 6.07) is 0. The van der Waals surface area contributed by atoms with Crippen molar-refractivity contribution >= 4 is 11.9 Å². The van der Waals surface area contributed by atoms with E-state index in [4.69, 9.17) is 9.47 Å². The van der Waals surface area contributed by atoms with Gasteiger partial charge in [-0.1, -0.05) is 0 Å². The van der Waals surface area contributed by atoms with Gasteiger partial charge in [-0.25, -0.2) is 0 Å². The zero-order chi connectivity index (χ0) is 11.3. The van der Waals surface area contributed by atoms with E-state index in [-0.39, 0.29) is 17.9 Å². The third-order valence-electron chi connectivity index (χ3n) is 3.75. The predicted octanol–water partition coefficient (Wildman–Crippen LogP) is 1.42. The Morgan fingerprint density at radius 2 is 2.20 bits per heavy atom. The molecule has 0 spiro atoms. The van der Waals surface area contributed by atoms with Gasteiger partial charge in [0.25, 0.3) is 0 Å². The highest BCUT2D eigenvalue weighted by Crippen LogP contribution is 2.50. The molecule has 0 amide bonds. The van der Waals surface area contributed by atoms with Gasteiger partial charge in [-0.15, -0.1) is 0 Å². The van der Waals surface area contributed by atoms with E-state index in [1.54, 1.807) is 0 Å². The number of carbonyl (C=O) groups excluding carboxylic acids is 2. The molecule has 1 saturated heterocycles. The summed E-state index contributed by atoms with van der Waals surface area (Å²) in [6.45, 7) is 5.09. The van der Waals surface area contributed by atoms with E-state index in [1.807, 2.05) is 13.8 Å². The molecule has 3 unspecified atom stereocenters. The Labute approximate surface area is 88.9 Å². The molecule has 1 aliphatic carbocycles. The lowest BCUT2D eigenvalue weighted by molar-refractivity contribution is -0.195. The fourth-order valence-electron chi connectivity index (χ4n) is 2.63. The van der Waals surface area contributed by atoms with Crippen molar-refractivity contribution in [2.75, 3.05) is 0 Å². The fraction of sp³-hybridized carbons (Fsp3) is 0.818. The highest BCUT2D eigenvalue weighted by atomic mass is 16.6. The van der Waals surface area contributed by atoms with Gasteiger partial charge in [0.2, 0.25) is 0 Å². The number of fused-ring (bicyclic) bond motifs is 2. The molecule has 0 aromatic heterocycles. The van der Waals surface area contributed by atoms with Crippen LogP contribution in [0, 0.1) is 5.92 Å². The molecule has 0 aromatic rings. The second-order valence-corrected chi connectivity index (χ2v) is 4.92. The van der Waals surface area contributed by atoms with Gasteiger partial charge in [0.1, 0.15) is 11.2 Å². The molecular weight excluding hydrogens is 196 g/mol. The Morgan fingerprint density at radius 3 is 2.80 bits per heavy atom. The van der Waals surface area contributed by atoms with E-state index < -0.39 is 11.2 Å². The molecule has 0 N–H and O–H groups in total. The van der Waals surface area contributed by atoms with Crippen LogP contribution in [0.5, 0.6) is 0 Å². The van der Waals surface area contributed by atoms with Gasteiger partial charge in [0.15, 0.2) is 0 Å². The quantitative estimate of drug-likeness (QED) is 0.617. The van der Waals surface area contributed by atoms with Crippen molar-refractivity contribution in [2.45, 2.75) is 51.2 Å². The molecule has 2 aliphatic rings. The SMILES string of the molecule is CC(=O)OC1(C)CCC2CC1(C)OC2=O. The number of hydrogen-bond acceptors (Lipinski definition) is 4. The fourth-order valence-corrected chi connectivity index (χ4v) is 2.63. The lowest BCUT2D eigenvalue weighted by Crippen LogP contribution is -2.54. The zero-order valence-electron chi connectivity index (χ0n) is 9.33. The molecule has 1 heterocycles. The maximum absolute atomic E-state index is 11.5. The van der Waals surface area contributed by atoms with Gasteiger partial charge in [-0.2, -0.15) is 0 Å². The first-order chi connectivity index (χ1) is 6.86. The number of ether oxygens (including phenoxy) is 2. The first kappa shape index (κ1) is 10.5. The average Bonchev–Trinajstić information content (AvgIpc) is 2.34. The van der Waals surface area contributed by atoms with Gasteiger partial charge in [0, 0.05) is 13.3 Å². The van der Waals surface area contributed by atoms with E-state index >= 15 is 0 Å². The molecule has 84 valence electrons. The third-order valence-corrected chi connectivity index (χ3v) is 3.75. The molecule has 2 bridgehead atoms. The summed E-state index contributed by atoms with van der Waals surface area (Å²) in [7, 11) is 0. The largest absolute Gasteiger partial charge is 0.455 e. The maximum atomic E-state index is 11.5. The standard InChI is InChI=1S/C11H16O4/c1-7(12)14-10(2)5-4-8-6-11(10,3)15-9(8)13/h8H,4-6H2,1-3H3. The van der Waals surface area contributed by atoms with Crippen molar-refractivity contribution in [3.63, 3.8) is 0 Å². The van der Waals surface area contributed by atoms with E-state index in [2.05, 4.69) is 0 Å². The Kier molecular flexibility index (Phi) is 2.07. The smallest absolute Gasteiger partial charge is 0.309 e. The Morgan fingerprint density at radius 1 is 1.53 bits per heavy atom. The van der Waals surface area contributed by atoms with Gasteiger partial charge in [0.05, 0.1) is 5.92 Å². The summed E-state index contributed by atoms with van der Waals surface area (Å²) < 4.78 is 10.7. The summed E-state index contributed by atoms with van der Waals surface area (Å²) in [5, 5.41) is 0. The van der Waals surface area contributed by atoms with Crippen molar-refractivity contribution in [1.82, 2.24) is 0 Å². The van der Waals surface area contributed by atoms with Crippen LogP contribution < -0.4 is 0 Å². The van der Waals surface area contributed by atoms with Gasteiger partial charge in [-0.3, -0.25) is 9.59 Å². The number of rotatable bonds is 1. The van der Waals surface area contributed by atoms with Crippen LogP contribution in [-0.4, -0.2) is 23.1 Å². The van der Waals surface area contributed by atoms with Gasteiger partial charge < -0.3 is 9.47 Å². The Balaban J connectivity index is 2.27. The molecule has 0 radical (unpaired) electrons. The third kappa shape index (κ3) is 1.43. The molecule has 1 saturated carbocycles. The molecule has 4 nitrogen and oxygen atoms in total. The highest BCUT2D eigenvalue weighted by Gasteiger charge is 2.60. The summed E-state index contributed by atoms with van der Waals surface area (Å²) in [6.07, 6.45) is 2.10. The average molecular weight is 212 g/mol. The van der Waals surface area contributed by atoms with E-state index in [0.717, 1.165) is 6.42 Å². The van der Waals surface area contributed by atoms with Crippen LogP contribution >= 0.6 is 0 Å². The van der Waals surface area contributed by atoms with Crippen molar-refractivity contribution in [1.29, 1.82) is 0 Å². The lowest BCUT2D eigenvalue weighted by Gasteiger charge is -2.43. The predicted molar refractivity (Wildman–Crippen MR) is 52.0 cm³/mol. The summed E-state index contributed by atoms with van der Waals surface area (Å²) >= 11 is 0. The van der Waals surface area contributed by atoms with Crippen molar-refractivity contribution < 1.29 is 19.1 Å². The topological polar surface area (TPSA) is 52.6 Å². The molecule has 3 atom stereocenters. The zero-order valence-corrected chi connectivity index (χ0v) is 9.33. The molecule has 2 fully saturated rings. The van der Waals surface area contributed by atoms with Crippen LogP contribution in [0.25, 0.3) is 0 Å². The number of carbonyl (C=O) groups is 2. The van der Waals surface area contributed by atoms with Crippen molar-refractivity contribution in [3.8, 4) is 0 Å². The normalized spacial score (nSPS) is 43.7. The molecule has 15 heavy (non-hydrogen) atoms. The number of esters is 2. The summed E-state index contributed by atoms with van der Waals surface area (Å²) in [5.74, 6) is -0.466. The highest BCUT2D eigenvalue weighted by molar-refractivity contribution is 5.76. The summed E-state index contributed by atoms with van der Waals surface area (Å²) in [5.41, 5.74) is -1.31. The van der Waals surface area contributed by atoms with Gasteiger partial charge >= 0.3 is 11.9 Å². The van der Waals surface area contributed by atoms with Crippen LogP contribution in [0.4, 0.5) is 0 Å². The Bertz CT molecular complexity index is 325. The lowest BCUT2D eigenvalue weighted by atomic mass is 9.71. The maximum Gasteiger partial charge on any atom is 0.309 e. The van der Waals surface area contributed by atoms with Crippen molar-refractivity contribution in [2.24, 2.45) is 5.92 Å². The summed E-state index contributed by atoms with van der Waals surface area (Å²) in [4.78, 5) is 22.5. The van der Waals surface area contributed by atoms with Crippen LogP contribution in [-0.2, 0) is 19.1 Å². The van der Waals surface area contributed by atoms with E-state index in [9.17, 15) is 9.59 Å². The second kappa shape index (κ2) is 2.97. The minimum atomic E-state index is -0.665. The van der Waals surface area contributed by atoms with E-state index in [1.165, 1.54) is 6.92 Å². The number of hydrogen-bond donors (Lipinski definition) is 0. The van der Waals surface area contributed by atoms with Crippen LogP contribution in [0.3, 0.4) is 0 Å². The second-order valence-electron chi connectivity index (χ2n) is 4.92. The molecule has 4 heteroatoms. The molecule has 1 aliphatic heterocycles.